The van der Waals surface area contributed by atoms with Crippen molar-refractivity contribution in [2.24, 2.45) is 0 Å². The SMILES string of the molecule is Cc1cnc(CNc2cc(-c3ccccc3)nc3ccnn23)cn1. The molecule has 0 aliphatic rings. The lowest BCUT2D eigenvalue weighted by Crippen LogP contribution is -2.08. The molecule has 0 radical (unpaired) electrons. The Kier molecular flexibility index (Phi) is 3.63. The standard InChI is InChI=1S/C18H16N6/c1-13-10-20-15(11-19-13)12-21-18-9-16(14-5-3-2-4-6-14)23-17-7-8-22-24(17)18/h2-11,21H,12H2,1H3. The topological polar surface area (TPSA) is 68.0 Å². The molecule has 0 aliphatic carbocycles. The molecule has 0 fully saturated rings. The minimum absolute atomic E-state index is 0.570. The van der Waals surface area contributed by atoms with Gasteiger partial charge in [0, 0.05) is 23.9 Å². The molecule has 0 atom stereocenters. The lowest BCUT2D eigenvalue weighted by atomic mass is 10.1. The Morgan fingerprint density at radius 1 is 1.04 bits per heavy atom. The molecule has 0 saturated heterocycles. The molecule has 0 amide bonds. The summed E-state index contributed by atoms with van der Waals surface area (Å²) in [5, 5.41) is 7.71. The zero-order valence-electron chi connectivity index (χ0n) is 13.2. The summed E-state index contributed by atoms with van der Waals surface area (Å²) in [6.07, 6.45) is 5.29. The second kappa shape index (κ2) is 6.08. The molecule has 6 heteroatoms. The maximum absolute atomic E-state index is 4.67. The van der Waals surface area contributed by atoms with E-state index in [1.807, 2.05) is 49.4 Å². The van der Waals surface area contributed by atoms with E-state index in [0.29, 0.717) is 6.54 Å². The average molecular weight is 316 g/mol. The second-order valence-corrected chi connectivity index (χ2v) is 5.50. The summed E-state index contributed by atoms with van der Waals surface area (Å²) >= 11 is 0. The van der Waals surface area contributed by atoms with Crippen LogP contribution in [0.15, 0.2) is 61.1 Å². The Bertz CT molecular complexity index is 960. The summed E-state index contributed by atoms with van der Waals surface area (Å²) in [5.74, 6) is 0.867. The van der Waals surface area contributed by atoms with Crippen LogP contribution in [0.3, 0.4) is 0 Å². The van der Waals surface area contributed by atoms with Gasteiger partial charge in [-0.2, -0.15) is 9.61 Å². The molecule has 3 aromatic heterocycles. The number of hydrogen-bond donors (Lipinski definition) is 1. The molecule has 1 aromatic carbocycles. The average Bonchev–Trinajstić information content (AvgIpc) is 3.10. The summed E-state index contributed by atoms with van der Waals surface area (Å²) in [6.45, 7) is 2.49. The molecule has 4 aromatic rings. The third-order valence-electron chi connectivity index (χ3n) is 3.71. The molecule has 4 rings (SSSR count). The predicted molar refractivity (Wildman–Crippen MR) is 92.5 cm³/mol. The number of anilines is 1. The van der Waals surface area contributed by atoms with Gasteiger partial charge in [0.15, 0.2) is 5.65 Å². The first-order valence-corrected chi connectivity index (χ1v) is 7.71. The van der Waals surface area contributed by atoms with Gasteiger partial charge in [-0.15, -0.1) is 0 Å². The first kappa shape index (κ1) is 14.3. The molecule has 0 saturated carbocycles. The van der Waals surface area contributed by atoms with E-state index in [1.165, 1.54) is 0 Å². The molecule has 3 heterocycles. The van der Waals surface area contributed by atoms with Gasteiger partial charge in [-0.1, -0.05) is 30.3 Å². The zero-order chi connectivity index (χ0) is 16.4. The fraction of sp³-hybridized carbons (Fsp3) is 0.111. The summed E-state index contributed by atoms with van der Waals surface area (Å²) in [6, 6.07) is 14.0. The fourth-order valence-corrected chi connectivity index (χ4v) is 2.49. The summed E-state index contributed by atoms with van der Waals surface area (Å²) in [5.41, 5.74) is 4.55. The smallest absolute Gasteiger partial charge is 0.157 e. The number of hydrogen-bond acceptors (Lipinski definition) is 5. The number of aryl methyl sites for hydroxylation is 1. The van der Waals surface area contributed by atoms with Gasteiger partial charge in [-0.05, 0) is 6.92 Å². The number of aromatic nitrogens is 5. The lowest BCUT2D eigenvalue weighted by molar-refractivity contribution is 0.910. The van der Waals surface area contributed by atoms with E-state index < -0.39 is 0 Å². The van der Waals surface area contributed by atoms with Crippen molar-refractivity contribution < 1.29 is 0 Å². The van der Waals surface area contributed by atoms with Crippen molar-refractivity contribution in [2.45, 2.75) is 13.5 Å². The van der Waals surface area contributed by atoms with Gasteiger partial charge < -0.3 is 5.32 Å². The van der Waals surface area contributed by atoms with Crippen molar-refractivity contribution in [3.05, 3.63) is 72.4 Å². The highest BCUT2D eigenvalue weighted by Gasteiger charge is 2.08. The van der Waals surface area contributed by atoms with Gasteiger partial charge in [0.1, 0.15) is 5.82 Å². The number of benzene rings is 1. The minimum atomic E-state index is 0.570. The zero-order valence-corrected chi connectivity index (χ0v) is 13.2. The van der Waals surface area contributed by atoms with Crippen LogP contribution in [-0.2, 0) is 6.54 Å². The number of nitrogens with one attached hydrogen (secondary N) is 1. The fourth-order valence-electron chi connectivity index (χ4n) is 2.49. The van der Waals surface area contributed by atoms with Crippen LogP contribution in [0.2, 0.25) is 0 Å². The van der Waals surface area contributed by atoms with Crippen molar-refractivity contribution in [1.82, 2.24) is 24.6 Å². The van der Waals surface area contributed by atoms with E-state index >= 15 is 0 Å². The molecule has 118 valence electrons. The summed E-state index contributed by atoms with van der Waals surface area (Å²) in [7, 11) is 0. The number of nitrogens with zero attached hydrogens (tertiary/aromatic N) is 5. The molecule has 0 unspecified atom stereocenters. The number of rotatable bonds is 4. The summed E-state index contributed by atoms with van der Waals surface area (Å²) < 4.78 is 1.79. The van der Waals surface area contributed by atoms with Crippen LogP contribution in [0.25, 0.3) is 16.9 Å². The van der Waals surface area contributed by atoms with Crippen LogP contribution < -0.4 is 5.32 Å². The van der Waals surface area contributed by atoms with Crippen LogP contribution >= 0.6 is 0 Å². The molecule has 1 N–H and O–H groups in total. The van der Waals surface area contributed by atoms with Gasteiger partial charge in [0.25, 0.3) is 0 Å². The highest BCUT2D eigenvalue weighted by Crippen LogP contribution is 2.22. The molecule has 0 bridgehead atoms. The Balaban J connectivity index is 1.68. The first-order chi connectivity index (χ1) is 11.8. The highest BCUT2D eigenvalue weighted by molar-refractivity contribution is 5.66. The Morgan fingerprint density at radius 2 is 1.92 bits per heavy atom. The summed E-state index contributed by atoms with van der Waals surface area (Å²) in [4.78, 5) is 13.3. The third-order valence-corrected chi connectivity index (χ3v) is 3.71. The second-order valence-electron chi connectivity index (χ2n) is 5.50. The molecule has 24 heavy (non-hydrogen) atoms. The quantitative estimate of drug-likeness (QED) is 0.626. The molecule has 0 spiro atoms. The van der Waals surface area contributed by atoms with Gasteiger partial charge >= 0.3 is 0 Å². The minimum Gasteiger partial charge on any atom is -0.364 e. The Morgan fingerprint density at radius 3 is 2.71 bits per heavy atom. The van der Waals surface area contributed by atoms with Gasteiger partial charge in [-0.25, -0.2) is 4.98 Å². The van der Waals surface area contributed by atoms with Crippen LogP contribution in [0, 0.1) is 6.92 Å². The highest BCUT2D eigenvalue weighted by atomic mass is 15.3. The van der Waals surface area contributed by atoms with Crippen LogP contribution in [0.1, 0.15) is 11.4 Å². The van der Waals surface area contributed by atoms with Crippen LogP contribution in [0.5, 0.6) is 0 Å². The van der Waals surface area contributed by atoms with Crippen molar-refractivity contribution in [3.8, 4) is 11.3 Å². The Labute approximate surface area is 139 Å². The molecular formula is C18H16N6. The predicted octanol–water partition coefficient (Wildman–Crippen LogP) is 3.11. The van der Waals surface area contributed by atoms with E-state index in [1.54, 1.807) is 23.1 Å². The first-order valence-electron chi connectivity index (χ1n) is 7.71. The van der Waals surface area contributed by atoms with Crippen molar-refractivity contribution in [2.75, 3.05) is 5.32 Å². The van der Waals surface area contributed by atoms with Crippen molar-refractivity contribution in [1.29, 1.82) is 0 Å². The van der Waals surface area contributed by atoms with Gasteiger partial charge in [0.2, 0.25) is 0 Å². The monoisotopic (exact) mass is 316 g/mol. The molecule has 0 aliphatic heterocycles. The van der Waals surface area contributed by atoms with E-state index in [9.17, 15) is 0 Å². The van der Waals surface area contributed by atoms with Crippen LogP contribution in [0.4, 0.5) is 5.82 Å². The largest absolute Gasteiger partial charge is 0.364 e. The van der Waals surface area contributed by atoms with E-state index in [0.717, 1.165) is 34.1 Å². The van der Waals surface area contributed by atoms with E-state index in [-0.39, 0.29) is 0 Å². The maximum atomic E-state index is 4.67. The third kappa shape index (κ3) is 2.81. The van der Waals surface area contributed by atoms with E-state index in [2.05, 4.69) is 25.4 Å². The van der Waals surface area contributed by atoms with Crippen LogP contribution in [-0.4, -0.2) is 24.6 Å². The molecule has 6 nitrogen and oxygen atoms in total. The van der Waals surface area contributed by atoms with E-state index in [4.69, 9.17) is 0 Å². The maximum Gasteiger partial charge on any atom is 0.157 e. The van der Waals surface area contributed by atoms with Gasteiger partial charge in [0.05, 0.1) is 36.0 Å². The van der Waals surface area contributed by atoms with Gasteiger partial charge in [-0.3, -0.25) is 9.97 Å². The number of fused-ring (bicyclic) bond motifs is 1. The Hall–Kier alpha value is -3.28. The normalized spacial score (nSPS) is 10.9. The van der Waals surface area contributed by atoms with Crippen molar-refractivity contribution >= 4 is 11.5 Å². The lowest BCUT2D eigenvalue weighted by Gasteiger charge is -2.10. The van der Waals surface area contributed by atoms with Crippen molar-refractivity contribution in [3.63, 3.8) is 0 Å². The molecular weight excluding hydrogens is 300 g/mol.